The van der Waals surface area contributed by atoms with Crippen LogP contribution < -0.4 is 5.73 Å². The molecule has 0 rings (SSSR count). The number of carbonyl (C=O) groups is 1. The fourth-order valence-corrected chi connectivity index (χ4v) is 0.894. The van der Waals surface area contributed by atoms with Crippen molar-refractivity contribution in [1.29, 1.82) is 0 Å². The van der Waals surface area contributed by atoms with Crippen LogP contribution in [0.3, 0.4) is 0 Å². The van der Waals surface area contributed by atoms with Crippen LogP contribution in [0.2, 0.25) is 0 Å². The minimum Gasteiger partial charge on any atom is -0.464 e. The van der Waals surface area contributed by atoms with Crippen LogP contribution in [-0.4, -0.2) is 25.3 Å². The first kappa shape index (κ1) is 12.4. The van der Waals surface area contributed by atoms with Gasteiger partial charge in [-0.25, -0.2) is 4.39 Å². The van der Waals surface area contributed by atoms with Gasteiger partial charge in [-0.3, -0.25) is 4.79 Å². The topological polar surface area (TPSA) is 52.3 Å². The standard InChI is InChI=1S/C9H18FNO2/c1-3-7(4-2)6-13-9(12)8(11)5-10/h7-8H,3-6,11H2,1-2H3/t8-/m0/s1. The van der Waals surface area contributed by atoms with Crippen LogP contribution in [0, 0.1) is 5.92 Å². The lowest BCUT2D eigenvalue weighted by molar-refractivity contribution is -0.147. The van der Waals surface area contributed by atoms with Gasteiger partial charge in [-0.15, -0.1) is 0 Å². The normalized spacial score (nSPS) is 13.0. The van der Waals surface area contributed by atoms with Crippen LogP contribution in [0.5, 0.6) is 0 Å². The number of rotatable bonds is 6. The summed E-state index contributed by atoms with van der Waals surface area (Å²) >= 11 is 0. The van der Waals surface area contributed by atoms with Gasteiger partial charge in [0.25, 0.3) is 0 Å². The Labute approximate surface area is 78.4 Å². The Morgan fingerprint density at radius 1 is 1.46 bits per heavy atom. The molecule has 0 aliphatic rings. The van der Waals surface area contributed by atoms with E-state index in [1.54, 1.807) is 0 Å². The third kappa shape index (κ3) is 4.83. The minimum absolute atomic E-state index is 0.347. The molecule has 4 heteroatoms. The smallest absolute Gasteiger partial charge is 0.325 e. The molecule has 2 N–H and O–H groups in total. The van der Waals surface area contributed by atoms with E-state index in [4.69, 9.17) is 10.5 Å². The van der Waals surface area contributed by atoms with Crippen LogP contribution in [0.4, 0.5) is 4.39 Å². The molecule has 0 bridgehead atoms. The summed E-state index contributed by atoms with van der Waals surface area (Å²) in [5.74, 6) is -0.287. The summed E-state index contributed by atoms with van der Waals surface area (Å²) in [7, 11) is 0. The molecule has 0 radical (unpaired) electrons. The van der Waals surface area contributed by atoms with Crippen molar-refractivity contribution in [2.45, 2.75) is 32.7 Å². The lowest BCUT2D eigenvalue weighted by atomic mass is 10.1. The molecular weight excluding hydrogens is 173 g/mol. The fourth-order valence-electron chi connectivity index (χ4n) is 0.894. The molecule has 0 aliphatic carbocycles. The first-order valence-electron chi connectivity index (χ1n) is 4.63. The van der Waals surface area contributed by atoms with Crippen molar-refractivity contribution in [3.05, 3.63) is 0 Å². The van der Waals surface area contributed by atoms with Crippen molar-refractivity contribution in [1.82, 2.24) is 0 Å². The lowest BCUT2D eigenvalue weighted by Gasteiger charge is -2.14. The van der Waals surface area contributed by atoms with Crippen LogP contribution in [0.1, 0.15) is 26.7 Å². The fraction of sp³-hybridized carbons (Fsp3) is 0.889. The molecule has 0 unspecified atom stereocenters. The zero-order chi connectivity index (χ0) is 10.3. The summed E-state index contributed by atoms with van der Waals surface area (Å²) in [5.41, 5.74) is 5.14. The summed E-state index contributed by atoms with van der Waals surface area (Å²) in [6, 6.07) is -1.12. The number of esters is 1. The summed E-state index contributed by atoms with van der Waals surface area (Å²) in [6.45, 7) is 3.54. The highest BCUT2D eigenvalue weighted by Gasteiger charge is 2.15. The van der Waals surface area contributed by atoms with E-state index in [0.29, 0.717) is 12.5 Å². The van der Waals surface area contributed by atoms with Crippen molar-refractivity contribution in [2.75, 3.05) is 13.3 Å². The van der Waals surface area contributed by atoms with Crippen molar-refractivity contribution < 1.29 is 13.9 Å². The maximum Gasteiger partial charge on any atom is 0.325 e. The van der Waals surface area contributed by atoms with E-state index in [9.17, 15) is 9.18 Å². The monoisotopic (exact) mass is 191 g/mol. The van der Waals surface area contributed by atoms with Crippen LogP contribution >= 0.6 is 0 Å². The van der Waals surface area contributed by atoms with Gasteiger partial charge in [0.2, 0.25) is 0 Å². The van der Waals surface area contributed by atoms with Gasteiger partial charge >= 0.3 is 5.97 Å². The SMILES string of the molecule is CCC(CC)COC(=O)[C@@H](N)CF. The van der Waals surface area contributed by atoms with E-state index in [-0.39, 0.29) is 0 Å². The van der Waals surface area contributed by atoms with Crippen molar-refractivity contribution in [2.24, 2.45) is 11.7 Å². The first-order valence-corrected chi connectivity index (χ1v) is 4.63. The maximum atomic E-state index is 11.9. The third-order valence-electron chi connectivity index (χ3n) is 2.08. The van der Waals surface area contributed by atoms with Gasteiger partial charge in [-0.05, 0) is 5.92 Å². The molecule has 0 aromatic rings. The molecule has 0 saturated heterocycles. The number of carbonyl (C=O) groups excluding carboxylic acids is 1. The van der Waals surface area contributed by atoms with Gasteiger partial charge in [-0.2, -0.15) is 0 Å². The second-order valence-corrected chi connectivity index (χ2v) is 3.07. The highest BCUT2D eigenvalue weighted by atomic mass is 19.1. The molecule has 0 fully saturated rings. The Morgan fingerprint density at radius 2 is 2.00 bits per heavy atom. The molecule has 78 valence electrons. The van der Waals surface area contributed by atoms with E-state index in [1.165, 1.54) is 0 Å². The van der Waals surface area contributed by atoms with E-state index in [2.05, 4.69) is 0 Å². The quantitative estimate of drug-likeness (QED) is 0.643. The zero-order valence-corrected chi connectivity index (χ0v) is 8.25. The molecular formula is C9H18FNO2. The summed E-state index contributed by atoms with van der Waals surface area (Å²) in [6.07, 6.45) is 1.91. The van der Waals surface area contributed by atoms with Crippen molar-refractivity contribution >= 4 is 5.97 Å². The Kier molecular flexibility index (Phi) is 6.49. The Hall–Kier alpha value is -0.640. The Bertz CT molecular complexity index is 149. The average molecular weight is 191 g/mol. The Morgan fingerprint density at radius 3 is 2.38 bits per heavy atom. The van der Waals surface area contributed by atoms with Gasteiger partial charge in [0, 0.05) is 0 Å². The molecule has 0 aromatic heterocycles. The van der Waals surface area contributed by atoms with Crippen LogP contribution in [-0.2, 0) is 9.53 Å². The third-order valence-corrected chi connectivity index (χ3v) is 2.08. The predicted octanol–water partition coefficient (Wildman–Crippen LogP) is 1.26. The average Bonchev–Trinajstić information content (AvgIpc) is 2.17. The molecule has 0 aliphatic heterocycles. The van der Waals surface area contributed by atoms with Crippen molar-refractivity contribution in [3.8, 4) is 0 Å². The molecule has 0 amide bonds. The second-order valence-electron chi connectivity index (χ2n) is 3.07. The Balaban J connectivity index is 3.68. The van der Waals surface area contributed by atoms with Crippen molar-refractivity contribution in [3.63, 3.8) is 0 Å². The highest BCUT2D eigenvalue weighted by molar-refractivity contribution is 5.75. The van der Waals surface area contributed by atoms with Crippen LogP contribution in [0.15, 0.2) is 0 Å². The molecule has 0 spiro atoms. The number of hydrogen-bond donors (Lipinski definition) is 1. The van der Waals surface area contributed by atoms with Gasteiger partial charge in [0.15, 0.2) is 0 Å². The lowest BCUT2D eigenvalue weighted by Crippen LogP contribution is -2.35. The second kappa shape index (κ2) is 6.83. The van der Waals surface area contributed by atoms with Crippen LogP contribution in [0.25, 0.3) is 0 Å². The van der Waals surface area contributed by atoms with E-state index >= 15 is 0 Å². The highest BCUT2D eigenvalue weighted by Crippen LogP contribution is 2.07. The number of ether oxygens (including phenoxy) is 1. The summed E-state index contributed by atoms with van der Waals surface area (Å²) in [5, 5.41) is 0. The van der Waals surface area contributed by atoms with Gasteiger partial charge in [0.1, 0.15) is 12.7 Å². The molecule has 13 heavy (non-hydrogen) atoms. The zero-order valence-electron chi connectivity index (χ0n) is 8.25. The summed E-state index contributed by atoms with van der Waals surface area (Å²) < 4.78 is 16.7. The number of nitrogens with two attached hydrogens (primary N) is 1. The first-order chi connectivity index (χ1) is 6.15. The van der Waals surface area contributed by atoms with Gasteiger partial charge in [0.05, 0.1) is 6.61 Å². The van der Waals surface area contributed by atoms with Gasteiger partial charge in [-0.1, -0.05) is 26.7 Å². The van der Waals surface area contributed by atoms with E-state index in [1.807, 2.05) is 13.8 Å². The maximum absolute atomic E-state index is 11.9. The predicted molar refractivity (Wildman–Crippen MR) is 49.0 cm³/mol. The molecule has 0 heterocycles. The number of halogens is 1. The molecule has 0 aromatic carbocycles. The molecule has 0 saturated carbocycles. The number of alkyl halides is 1. The van der Waals surface area contributed by atoms with Gasteiger partial charge < -0.3 is 10.5 Å². The molecule has 1 atom stereocenters. The minimum atomic E-state index is -1.12. The molecule has 3 nitrogen and oxygen atoms in total. The largest absolute Gasteiger partial charge is 0.464 e. The van der Waals surface area contributed by atoms with E-state index < -0.39 is 18.7 Å². The summed E-state index contributed by atoms with van der Waals surface area (Å²) in [4.78, 5) is 10.9. The number of hydrogen-bond acceptors (Lipinski definition) is 3. The van der Waals surface area contributed by atoms with E-state index in [0.717, 1.165) is 12.8 Å².